The number of carbonyl (C=O) groups excluding carboxylic acids is 1. The Bertz CT molecular complexity index is 198. The Labute approximate surface area is 92.3 Å². The highest BCUT2D eigenvalue weighted by Gasteiger charge is 2.24. The lowest BCUT2D eigenvalue weighted by Crippen LogP contribution is -2.42. The van der Waals surface area contributed by atoms with Crippen LogP contribution >= 0.6 is 0 Å². The summed E-state index contributed by atoms with van der Waals surface area (Å²) < 4.78 is 0. The molecule has 0 aromatic rings. The summed E-state index contributed by atoms with van der Waals surface area (Å²) in [7, 11) is 0. The van der Waals surface area contributed by atoms with Crippen LogP contribution in [0.2, 0.25) is 0 Å². The number of rotatable bonds is 4. The lowest BCUT2D eigenvalue weighted by atomic mass is 9.92. The molecule has 1 unspecified atom stereocenters. The predicted octanol–water partition coefficient (Wildman–Crippen LogP) is 1.70. The molecule has 0 heterocycles. The maximum absolute atomic E-state index is 11.8. The molecule has 1 amide bonds. The summed E-state index contributed by atoms with van der Waals surface area (Å²) in [6, 6.07) is 0.346. The van der Waals surface area contributed by atoms with Gasteiger partial charge in [0.1, 0.15) is 0 Å². The smallest absolute Gasteiger partial charge is 0.225 e. The molecule has 1 saturated carbocycles. The molecule has 3 nitrogen and oxygen atoms in total. The number of hydrogen-bond acceptors (Lipinski definition) is 2. The molecule has 1 aliphatic rings. The van der Waals surface area contributed by atoms with Crippen molar-refractivity contribution < 1.29 is 9.90 Å². The molecule has 1 aliphatic carbocycles. The normalized spacial score (nSPS) is 20.3. The Morgan fingerprint density at radius 2 is 1.93 bits per heavy atom. The summed E-state index contributed by atoms with van der Waals surface area (Å²) in [5.41, 5.74) is 0. The first-order valence-electron chi connectivity index (χ1n) is 6.06. The van der Waals surface area contributed by atoms with Gasteiger partial charge in [0.05, 0.1) is 12.5 Å². The van der Waals surface area contributed by atoms with Gasteiger partial charge < -0.3 is 10.4 Å². The zero-order valence-electron chi connectivity index (χ0n) is 9.83. The van der Waals surface area contributed by atoms with Gasteiger partial charge in [0.2, 0.25) is 5.91 Å². The number of aliphatic hydroxyl groups excluding tert-OH is 1. The molecule has 15 heavy (non-hydrogen) atoms. The summed E-state index contributed by atoms with van der Waals surface area (Å²) in [6.45, 7) is 3.90. The minimum absolute atomic E-state index is 0.0272. The summed E-state index contributed by atoms with van der Waals surface area (Å²) in [6.07, 6.45) is 5.93. The highest BCUT2D eigenvalue weighted by Crippen LogP contribution is 2.18. The lowest BCUT2D eigenvalue weighted by Gasteiger charge is -2.26. The number of carbonyl (C=O) groups is 1. The number of hydrogen-bond donors (Lipinski definition) is 2. The van der Waals surface area contributed by atoms with Crippen molar-refractivity contribution in [2.24, 2.45) is 11.8 Å². The fraction of sp³-hybridized carbons (Fsp3) is 0.917. The van der Waals surface area contributed by atoms with E-state index in [0.29, 0.717) is 6.04 Å². The van der Waals surface area contributed by atoms with Gasteiger partial charge in [-0.05, 0) is 18.8 Å². The van der Waals surface area contributed by atoms with Gasteiger partial charge in [-0.3, -0.25) is 4.79 Å². The van der Waals surface area contributed by atoms with E-state index in [2.05, 4.69) is 5.32 Å². The second-order valence-corrected chi connectivity index (χ2v) is 4.88. The van der Waals surface area contributed by atoms with Crippen molar-refractivity contribution in [1.82, 2.24) is 5.32 Å². The van der Waals surface area contributed by atoms with Crippen molar-refractivity contribution in [3.63, 3.8) is 0 Å². The molecule has 0 radical (unpaired) electrons. The van der Waals surface area contributed by atoms with E-state index in [1.807, 2.05) is 13.8 Å². The molecule has 1 rings (SSSR count). The molecular formula is C12H23NO2. The van der Waals surface area contributed by atoms with E-state index in [1.54, 1.807) is 0 Å². The molecule has 1 atom stereocenters. The molecule has 88 valence electrons. The maximum Gasteiger partial charge on any atom is 0.225 e. The molecule has 2 N–H and O–H groups in total. The largest absolute Gasteiger partial charge is 0.396 e. The van der Waals surface area contributed by atoms with Gasteiger partial charge >= 0.3 is 0 Å². The third-order valence-corrected chi connectivity index (χ3v) is 3.29. The zero-order valence-corrected chi connectivity index (χ0v) is 9.83. The molecule has 0 bridgehead atoms. The van der Waals surface area contributed by atoms with E-state index < -0.39 is 0 Å². The van der Waals surface area contributed by atoms with Gasteiger partial charge in [-0.1, -0.05) is 33.1 Å². The molecule has 1 fully saturated rings. The standard InChI is InChI=1S/C12H23NO2/c1-9(2)11(8-14)12(15)13-10-6-4-3-5-7-10/h9-11,14H,3-8H2,1-2H3,(H,13,15). The van der Waals surface area contributed by atoms with Gasteiger partial charge in [-0.15, -0.1) is 0 Å². The van der Waals surface area contributed by atoms with Crippen LogP contribution in [-0.2, 0) is 4.79 Å². The van der Waals surface area contributed by atoms with E-state index in [-0.39, 0.29) is 24.3 Å². The molecule has 0 aliphatic heterocycles. The quantitative estimate of drug-likeness (QED) is 0.746. The van der Waals surface area contributed by atoms with Crippen LogP contribution in [0.3, 0.4) is 0 Å². The summed E-state index contributed by atoms with van der Waals surface area (Å²) >= 11 is 0. The maximum atomic E-state index is 11.8. The molecule has 0 aromatic carbocycles. The molecular weight excluding hydrogens is 190 g/mol. The van der Waals surface area contributed by atoms with Crippen LogP contribution in [-0.4, -0.2) is 23.7 Å². The van der Waals surface area contributed by atoms with Crippen LogP contribution in [0, 0.1) is 11.8 Å². The van der Waals surface area contributed by atoms with Gasteiger partial charge in [-0.2, -0.15) is 0 Å². The van der Waals surface area contributed by atoms with E-state index in [1.165, 1.54) is 19.3 Å². The predicted molar refractivity (Wildman–Crippen MR) is 60.4 cm³/mol. The second-order valence-electron chi connectivity index (χ2n) is 4.88. The van der Waals surface area contributed by atoms with Crippen molar-refractivity contribution >= 4 is 5.91 Å². The SMILES string of the molecule is CC(C)C(CO)C(=O)NC1CCCCC1. The third kappa shape index (κ3) is 3.82. The number of nitrogens with one attached hydrogen (secondary N) is 1. The van der Waals surface area contributed by atoms with Crippen molar-refractivity contribution in [2.75, 3.05) is 6.61 Å². The van der Waals surface area contributed by atoms with Crippen LogP contribution in [0.5, 0.6) is 0 Å². The lowest BCUT2D eigenvalue weighted by molar-refractivity contribution is -0.128. The van der Waals surface area contributed by atoms with Crippen LogP contribution in [0.15, 0.2) is 0 Å². The van der Waals surface area contributed by atoms with E-state index in [4.69, 9.17) is 5.11 Å². The summed E-state index contributed by atoms with van der Waals surface area (Å²) in [5, 5.41) is 12.2. The van der Waals surface area contributed by atoms with Crippen LogP contribution in [0.4, 0.5) is 0 Å². The second kappa shape index (κ2) is 6.11. The van der Waals surface area contributed by atoms with E-state index >= 15 is 0 Å². The van der Waals surface area contributed by atoms with Crippen molar-refractivity contribution in [3.05, 3.63) is 0 Å². The molecule has 0 saturated heterocycles. The Morgan fingerprint density at radius 1 is 1.33 bits per heavy atom. The van der Waals surface area contributed by atoms with Crippen molar-refractivity contribution in [2.45, 2.75) is 52.0 Å². The first kappa shape index (κ1) is 12.5. The Hall–Kier alpha value is -0.570. The van der Waals surface area contributed by atoms with Crippen molar-refractivity contribution in [3.8, 4) is 0 Å². The minimum Gasteiger partial charge on any atom is -0.396 e. The number of aliphatic hydroxyl groups is 1. The minimum atomic E-state index is -0.244. The average Bonchev–Trinajstić information content (AvgIpc) is 2.19. The van der Waals surface area contributed by atoms with Crippen LogP contribution < -0.4 is 5.32 Å². The van der Waals surface area contributed by atoms with Crippen LogP contribution in [0.25, 0.3) is 0 Å². The van der Waals surface area contributed by atoms with Crippen molar-refractivity contribution in [1.29, 1.82) is 0 Å². The molecule has 0 spiro atoms. The third-order valence-electron chi connectivity index (χ3n) is 3.29. The van der Waals surface area contributed by atoms with Gasteiger partial charge in [0.25, 0.3) is 0 Å². The summed E-state index contributed by atoms with van der Waals surface area (Å²) in [5.74, 6) is -0.00934. The Morgan fingerprint density at radius 3 is 2.40 bits per heavy atom. The summed E-state index contributed by atoms with van der Waals surface area (Å²) in [4.78, 5) is 11.8. The first-order valence-corrected chi connectivity index (χ1v) is 6.06. The fourth-order valence-corrected chi connectivity index (χ4v) is 2.15. The van der Waals surface area contributed by atoms with E-state index in [0.717, 1.165) is 12.8 Å². The number of amides is 1. The Balaban J connectivity index is 2.38. The van der Waals surface area contributed by atoms with Crippen LogP contribution in [0.1, 0.15) is 46.0 Å². The van der Waals surface area contributed by atoms with Gasteiger partial charge in [0.15, 0.2) is 0 Å². The fourth-order valence-electron chi connectivity index (χ4n) is 2.15. The van der Waals surface area contributed by atoms with Gasteiger partial charge in [0, 0.05) is 6.04 Å². The highest BCUT2D eigenvalue weighted by atomic mass is 16.3. The van der Waals surface area contributed by atoms with Gasteiger partial charge in [-0.25, -0.2) is 0 Å². The highest BCUT2D eigenvalue weighted by molar-refractivity contribution is 5.79. The monoisotopic (exact) mass is 213 g/mol. The molecule has 0 aromatic heterocycles. The molecule has 3 heteroatoms. The Kier molecular flexibility index (Phi) is 5.09. The zero-order chi connectivity index (χ0) is 11.3. The average molecular weight is 213 g/mol. The first-order chi connectivity index (χ1) is 7.15. The van der Waals surface area contributed by atoms with E-state index in [9.17, 15) is 4.79 Å². The topological polar surface area (TPSA) is 49.3 Å².